The van der Waals surface area contributed by atoms with Crippen molar-refractivity contribution >= 4 is 18.3 Å². The second-order valence-corrected chi connectivity index (χ2v) is 5.87. The standard InChI is InChI=1S/C14H26N2O2.ClH/c1-14(7-8-15-11-14)13(17)16-9-10-18-12-5-3-2-4-6-12;/h12,15H,2-11H2,1H3,(H,16,17);1H. The molecule has 0 spiro atoms. The van der Waals surface area contributed by atoms with E-state index in [4.69, 9.17) is 4.74 Å². The quantitative estimate of drug-likeness (QED) is 0.760. The minimum absolute atomic E-state index is 0. The topological polar surface area (TPSA) is 50.4 Å². The molecule has 0 bridgehead atoms. The number of rotatable bonds is 5. The molecule has 5 heteroatoms. The summed E-state index contributed by atoms with van der Waals surface area (Å²) < 4.78 is 5.80. The molecule has 19 heavy (non-hydrogen) atoms. The molecule has 1 heterocycles. The Balaban J connectivity index is 0.00000180. The Morgan fingerprint density at radius 2 is 2.11 bits per heavy atom. The summed E-state index contributed by atoms with van der Waals surface area (Å²) in [5, 5.41) is 6.24. The molecule has 0 aromatic carbocycles. The highest BCUT2D eigenvalue weighted by Crippen LogP contribution is 2.24. The highest BCUT2D eigenvalue weighted by Gasteiger charge is 2.35. The smallest absolute Gasteiger partial charge is 0.227 e. The second kappa shape index (κ2) is 8.08. The molecule has 0 radical (unpaired) electrons. The first-order valence-electron chi connectivity index (χ1n) is 7.31. The van der Waals surface area contributed by atoms with Crippen LogP contribution in [0.4, 0.5) is 0 Å². The van der Waals surface area contributed by atoms with Crippen LogP contribution in [0, 0.1) is 5.41 Å². The van der Waals surface area contributed by atoms with Crippen molar-refractivity contribution in [3.63, 3.8) is 0 Å². The van der Waals surface area contributed by atoms with Gasteiger partial charge in [-0.15, -0.1) is 12.4 Å². The minimum atomic E-state index is -0.217. The molecule has 2 N–H and O–H groups in total. The molecule has 1 aliphatic heterocycles. The van der Waals surface area contributed by atoms with Gasteiger partial charge in [0.2, 0.25) is 5.91 Å². The Labute approximate surface area is 122 Å². The molecule has 1 saturated heterocycles. The second-order valence-electron chi connectivity index (χ2n) is 5.87. The summed E-state index contributed by atoms with van der Waals surface area (Å²) in [5.41, 5.74) is -0.217. The van der Waals surface area contributed by atoms with E-state index in [1.807, 2.05) is 6.92 Å². The molecule has 2 rings (SSSR count). The maximum Gasteiger partial charge on any atom is 0.227 e. The third-order valence-electron chi connectivity index (χ3n) is 4.21. The van der Waals surface area contributed by atoms with Gasteiger partial charge in [0.15, 0.2) is 0 Å². The largest absolute Gasteiger partial charge is 0.376 e. The van der Waals surface area contributed by atoms with E-state index < -0.39 is 0 Å². The van der Waals surface area contributed by atoms with Gasteiger partial charge in [0, 0.05) is 13.1 Å². The monoisotopic (exact) mass is 290 g/mol. The Hall–Kier alpha value is -0.320. The van der Waals surface area contributed by atoms with E-state index >= 15 is 0 Å². The predicted octanol–water partition coefficient (Wildman–Crippen LogP) is 1.87. The van der Waals surface area contributed by atoms with Gasteiger partial charge in [-0.3, -0.25) is 4.79 Å². The van der Waals surface area contributed by atoms with Crippen molar-refractivity contribution in [1.29, 1.82) is 0 Å². The van der Waals surface area contributed by atoms with Crippen LogP contribution in [0.25, 0.3) is 0 Å². The van der Waals surface area contributed by atoms with Gasteiger partial charge in [0.25, 0.3) is 0 Å². The number of carbonyl (C=O) groups excluding carboxylic acids is 1. The Bertz CT molecular complexity index is 275. The highest BCUT2D eigenvalue weighted by atomic mass is 35.5. The van der Waals surface area contributed by atoms with Crippen LogP contribution in [0.1, 0.15) is 45.4 Å². The maximum atomic E-state index is 12.0. The van der Waals surface area contributed by atoms with Crippen molar-refractivity contribution in [3.05, 3.63) is 0 Å². The van der Waals surface area contributed by atoms with E-state index in [1.165, 1.54) is 32.1 Å². The van der Waals surface area contributed by atoms with Crippen LogP contribution < -0.4 is 10.6 Å². The number of ether oxygens (including phenoxy) is 1. The minimum Gasteiger partial charge on any atom is -0.376 e. The molecule has 2 aliphatic rings. The Morgan fingerprint density at radius 1 is 1.37 bits per heavy atom. The SMILES string of the molecule is CC1(C(=O)NCCOC2CCCCC2)CCNC1.Cl. The number of hydrogen-bond acceptors (Lipinski definition) is 3. The summed E-state index contributed by atoms with van der Waals surface area (Å²) in [6.07, 6.45) is 7.68. The van der Waals surface area contributed by atoms with Gasteiger partial charge < -0.3 is 15.4 Å². The first kappa shape index (κ1) is 16.7. The van der Waals surface area contributed by atoms with Crippen LogP contribution in [0.3, 0.4) is 0 Å². The van der Waals surface area contributed by atoms with Crippen LogP contribution in [0.15, 0.2) is 0 Å². The highest BCUT2D eigenvalue weighted by molar-refractivity contribution is 5.85. The van der Waals surface area contributed by atoms with Gasteiger partial charge in [0.1, 0.15) is 0 Å². The zero-order valence-electron chi connectivity index (χ0n) is 11.9. The summed E-state index contributed by atoms with van der Waals surface area (Å²) in [4.78, 5) is 12.0. The molecule has 1 unspecified atom stereocenters. The predicted molar refractivity (Wildman–Crippen MR) is 78.7 cm³/mol. The zero-order chi connectivity index (χ0) is 12.8. The van der Waals surface area contributed by atoms with Crippen molar-refractivity contribution in [3.8, 4) is 0 Å². The molecule has 112 valence electrons. The van der Waals surface area contributed by atoms with Crippen molar-refractivity contribution in [2.24, 2.45) is 5.41 Å². The molecule has 1 saturated carbocycles. The number of nitrogens with one attached hydrogen (secondary N) is 2. The van der Waals surface area contributed by atoms with Crippen LogP contribution in [-0.2, 0) is 9.53 Å². The summed E-state index contributed by atoms with van der Waals surface area (Å²) in [6.45, 7) is 5.07. The van der Waals surface area contributed by atoms with Gasteiger partial charge in [0.05, 0.1) is 18.1 Å². The van der Waals surface area contributed by atoms with Crippen LogP contribution in [-0.4, -0.2) is 38.3 Å². The first-order chi connectivity index (χ1) is 8.71. The molecular weight excluding hydrogens is 264 g/mol. The van der Waals surface area contributed by atoms with Crippen LogP contribution in [0.5, 0.6) is 0 Å². The first-order valence-corrected chi connectivity index (χ1v) is 7.31. The maximum absolute atomic E-state index is 12.0. The van der Waals surface area contributed by atoms with Gasteiger partial charge >= 0.3 is 0 Å². The average Bonchev–Trinajstić information content (AvgIpc) is 2.84. The van der Waals surface area contributed by atoms with E-state index in [9.17, 15) is 4.79 Å². The van der Waals surface area contributed by atoms with E-state index in [0.717, 1.165) is 19.5 Å². The summed E-state index contributed by atoms with van der Waals surface area (Å²) in [6, 6.07) is 0. The number of halogens is 1. The van der Waals surface area contributed by atoms with E-state index in [-0.39, 0.29) is 23.7 Å². The summed E-state index contributed by atoms with van der Waals surface area (Å²) in [7, 11) is 0. The molecule has 4 nitrogen and oxygen atoms in total. The van der Waals surface area contributed by atoms with Gasteiger partial charge in [-0.2, -0.15) is 0 Å². The van der Waals surface area contributed by atoms with Crippen molar-refractivity contribution in [1.82, 2.24) is 10.6 Å². The van der Waals surface area contributed by atoms with E-state index in [0.29, 0.717) is 19.3 Å². The molecule has 1 amide bonds. The van der Waals surface area contributed by atoms with Gasteiger partial charge in [-0.1, -0.05) is 19.3 Å². The third kappa shape index (κ3) is 4.93. The summed E-state index contributed by atoms with van der Waals surface area (Å²) in [5.74, 6) is 0.166. The number of amides is 1. The van der Waals surface area contributed by atoms with E-state index in [2.05, 4.69) is 10.6 Å². The lowest BCUT2D eigenvalue weighted by Gasteiger charge is -2.24. The fraction of sp³-hybridized carbons (Fsp3) is 0.929. The zero-order valence-corrected chi connectivity index (χ0v) is 12.7. The normalized spacial score (nSPS) is 27.8. The fourth-order valence-electron chi connectivity index (χ4n) is 2.85. The third-order valence-corrected chi connectivity index (χ3v) is 4.21. The Morgan fingerprint density at radius 3 is 2.74 bits per heavy atom. The molecule has 0 aromatic rings. The molecular formula is C14H27ClN2O2. The average molecular weight is 291 g/mol. The fourth-order valence-corrected chi connectivity index (χ4v) is 2.85. The lowest BCUT2D eigenvalue weighted by Crippen LogP contribution is -2.41. The lowest BCUT2D eigenvalue weighted by molar-refractivity contribution is -0.129. The molecule has 2 fully saturated rings. The number of carbonyl (C=O) groups is 1. The molecule has 1 atom stereocenters. The van der Waals surface area contributed by atoms with Crippen molar-refractivity contribution < 1.29 is 9.53 Å². The number of hydrogen-bond donors (Lipinski definition) is 2. The van der Waals surface area contributed by atoms with Crippen LogP contribution in [0.2, 0.25) is 0 Å². The van der Waals surface area contributed by atoms with Crippen molar-refractivity contribution in [2.45, 2.75) is 51.6 Å². The molecule has 0 aromatic heterocycles. The summed E-state index contributed by atoms with van der Waals surface area (Å²) >= 11 is 0. The Kier molecular flexibility index (Phi) is 7.11. The van der Waals surface area contributed by atoms with Gasteiger partial charge in [-0.25, -0.2) is 0 Å². The van der Waals surface area contributed by atoms with E-state index in [1.54, 1.807) is 0 Å². The molecule has 1 aliphatic carbocycles. The van der Waals surface area contributed by atoms with Crippen LogP contribution >= 0.6 is 12.4 Å². The lowest BCUT2D eigenvalue weighted by atomic mass is 9.89. The van der Waals surface area contributed by atoms with Crippen molar-refractivity contribution in [2.75, 3.05) is 26.2 Å². The van der Waals surface area contributed by atoms with Gasteiger partial charge in [-0.05, 0) is 32.7 Å².